The Labute approximate surface area is 198 Å². The lowest BCUT2D eigenvalue weighted by molar-refractivity contribution is -0.134. The van der Waals surface area contributed by atoms with E-state index in [0.717, 1.165) is 65.8 Å². The first-order chi connectivity index (χ1) is 16.5. The van der Waals surface area contributed by atoms with Crippen molar-refractivity contribution in [2.24, 2.45) is 7.05 Å². The average Bonchev–Trinajstić information content (AvgIpc) is 3.09. The van der Waals surface area contributed by atoms with E-state index in [1.165, 1.54) is 11.6 Å². The van der Waals surface area contributed by atoms with Crippen molar-refractivity contribution in [1.29, 1.82) is 0 Å². The maximum atomic E-state index is 11.7. The molecule has 0 bridgehead atoms. The number of nitrogens with one attached hydrogen (secondary N) is 1. The van der Waals surface area contributed by atoms with Crippen molar-refractivity contribution in [1.82, 2.24) is 29.5 Å². The third kappa shape index (κ3) is 3.43. The van der Waals surface area contributed by atoms with E-state index in [2.05, 4.69) is 50.9 Å². The van der Waals surface area contributed by atoms with Gasteiger partial charge in [-0.2, -0.15) is 5.10 Å². The molecule has 9 nitrogen and oxygen atoms in total. The zero-order valence-electron chi connectivity index (χ0n) is 19.4. The van der Waals surface area contributed by atoms with Crippen molar-refractivity contribution in [2.45, 2.75) is 25.5 Å². The standard InChI is InChI=1S/C25H27N7O2/c1-4-22(33)32-11-19(12-32)31-9-18(10-31)16-5-15(2)24-21(6-16)29-25-20(13-34-24)23(26-14-27-25)17-7-28-30(3)8-17/h4-8,14,18-19H,1,9-13H2,2-3H3,(H,26,27,29). The molecule has 0 saturated carbocycles. The van der Waals surface area contributed by atoms with Crippen molar-refractivity contribution >= 4 is 17.4 Å². The average molecular weight is 458 g/mol. The molecular formula is C25H27N7O2. The number of nitrogens with zero attached hydrogens (tertiary/aromatic N) is 6. The second-order valence-electron chi connectivity index (χ2n) is 9.33. The van der Waals surface area contributed by atoms with Crippen LogP contribution in [0.3, 0.4) is 0 Å². The molecule has 2 aromatic heterocycles. The lowest BCUT2D eigenvalue weighted by Crippen LogP contribution is -2.65. The van der Waals surface area contributed by atoms with Crippen LogP contribution in [-0.2, 0) is 18.4 Å². The summed E-state index contributed by atoms with van der Waals surface area (Å²) in [7, 11) is 1.89. The second kappa shape index (κ2) is 7.95. The van der Waals surface area contributed by atoms with Crippen molar-refractivity contribution in [3.8, 4) is 17.0 Å². The number of carbonyl (C=O) groups excluding carboxylic acids is 1. The van der Waals surface area contributed by atoms with E-state index in [4.69, 9.17) is 4.74 Å². The number of aromatic nitrogens is 4. The van der Waals surface area contributed by atoms with Crippen LogP contribution in [0.4, 0.5) is 11.5 Å². The van der Waals surface area contributed by atoms with Crippen LogP contribution in [-0.4, -0.2) is 67.7 Å². The van der Waals surface area contributed by atoms with Gasteiger partial charge in [-0.3, -0.25) is 14.4 Å². The molecule has 0 aliphatic carbocycles. The Morgan fingerprint density at radius 1 is 1.24 bits per heavy atom. The number of hydrogen-bond acceptors (Lipinski definition) is 7. The Morgan fingerprint density at radius 2 is 2.06 bits per heavy atom. The summed E-state index contributed by atoms with van der Waals surface area (Å²) >= 11 is 0. The molecule has 1 aromatic carbocycles. The lowest BCUT2D eigenvalue weighted by atomic mass is 9.87. The van der Waals surface area contributed by atoms with Gasteiger partial charge in [0.2, 0.25) is 5.91 Å². The molecule has 3 aromatic rings. The molecule has 2 fully saturated rings. The van der Waals surface area contributed by atoms with Crippen LogP contribution in [0.15, 0.2) is 43.5 Å². The van der Waals surface area contributed by atoms with Crippen LogP contribution in [0.1, 0.15) is 22.6 Å². The van der Waals surface area contributed by atoms with E-state index in [1.54, 1.807) is 17.2 Å². The molecule has 34 heavy (non-hydrogen) atoms. The van der Waals surface area contributed by atoms with Gasteiger partial charge in [0.1, 0.15) is 24.5 Å². The Morgan fingerprint density at radius 3 is 2.79 bits per heavy atom. The number of rotatable bonds is 4. The Bertz CT molecular complexity index is 1290. The predicted molar refractivity (Wildman–Crippen MR) is 128 cm³/mol. The number of ether oxygens (including phenoxy) is 1. The van der Waals surface area contributed by atoms with E-state index in [-0.39, 0.29) is 5.91 Å². The number of carbonyl (C=O) groups is 1. The van der Waals surface area contributed by atoms with Gasteiger partial charge in [0, 0.05) is 56.9 Å². The molecule has 6 rings (SSSR count). The molecule has 2 saturated heterocycles. The zero-order chi connectivity index (χ0) is 23.4. The van der Waals surface area contributed by atoms with E-state index >= 15 is 0 Å². The predicted octanol–water partition coefficient (Wildman–Crippen LogP) is 2.62. The van der Waals surface area contributed by atoms with Gasteiger partial charge in [-0.15, -0.1) is 0 Å². The summed E-state index contributed by atoms with van der Waals surface area (Å²) in [6, 6.07) is 4.89. The van der Waals surface area contributed by atoms with E-state index in [9.17, 15) is 4.79 Å². The van der Waals surface area contributed by atoms with Crippen LogP contribution in [0.25, 0.3) is 11.3 Å². The molecule has 1 amide bonds. The van der Waals surface area contributed by atoms with Gasteiger partial charge in [-0.05, 0) is 30.2 Å². The van der Waals surface area contributed by atoms with Crippen LogP contribution < -0.4 is 10.1 Å². The fourth-order valence-corrected chi connectivity index (χ4v) is 5.06. The first-order valence-electron chi connectivity index (χ1n) is 11.5. The van der Waals surface area contributed by atoms with Crippen molar-refractivity contribution in [2.75, 3.05) is 31.5 Å². The monoisotopic (exact) mass is 457 g/mol. The first-order valence-corrected chi connectivity index (χ1v) is 11.5. The summed E-state index contributed by atoms with van der Waals surface area (Å²) in [6.07, 6.45) is 6.73. The van der Waals surface area contributed by atoms with Crippen LogP contribution >= 0.6 is 0 Å². The molecule has 1 N–H and O–H groups in total. The molecule has 0 spiro atoms. The van der Waals surface area contributed by atoms with Gasteiger partial charge in [0.25, 0.3) is 0 Å². The second-order valence-corrected chi connectivity index (χ2v) is 9.33. The van der Waals surface area contributed by atoms with Gasteiger partial charge in [-0.25, -0.2) is 9.97 Å². The minimum absolute atomic E-state index is 0.0246. The maximum absolute atomic E-state index is 11.7. The highest BCUT2D eigenvalue weighted by molar-refractivity contribution is 5.87. The van der Waals surface area contributed by atoms with E-state index < -0.39 is 0 Å². The minimum Gasteiger partial charge on any atom is -0.486 e. The van der Waals surface area contributed by atoms with Gasteiger partial charge < -0.3 is 15.0 Å². The lowest BCUT2D eigenvalue weighted by Gasteiger charge is -2.52. The van der Waals surface area contributed by atoms with E-state index in [0.29, 0.717) is 18.6 Å². The summed E-state index contributed by atoms with van der Waals surface area (Å²) in [5.41, 5.74) is 6.03. The summed E-state index contributed by atoms with van der Waals surface area (Å²) < 4.78 is 8.03. The quantitative estimate of drug-likeness (QED) is 0.603. The number of fused-ring (bicyclic) bond motifs is 2. The normalized spacial score (nSPS) is 18.0. The maximum Gasteiger partial charge on any atom is 0.246 e. The summed E-state index contributed by atoms with van der Waals surface area (Å²) in [5.74, 6) is 2.11. The van der Waals surface area contributed by atoms with E-state index in [1.807, 2.05) is 18.1 Å². The molecule has 0 radical (unpaired) electrons. The highest BCUT2D eigenvalue weighted by Crippen LogP contribution is 2.41. The number of amides is 1. The highest BCUT2D eigenvalue weighted by Gasteiger charge is 2.40. The number of hydrogen-bond donors (Lipinski definition) is 1. The van der Waals surface area contributed by atoms with Crippen molar-refractivity contribution < 1.29 is 9.53 Å². The Balaban J connectivity index is 1.20. The molecule has 0 unspecified atom stereocenters. The van der Waals surface area contributed by atoms with Gasteiger partial charge in [0.15, 0.2) is 0 Å². The minimum atomic E-state index is 0.0246. The number of anilines is 2. The third-order valence-electron chi connectivity index (χ3n) is 7.08. The first kappa shape index (κ1) is 20.9. The summed E-state index contributed by atoms with van der Waals surface area (Å²) in [6.45, 7) is 9.65. The smallest absolute Gasteiger partial charge is 0.246 e. The molecule has 174 valence electrons. The van der Waals surface area contributed by atoms with Gasteiger partial charge in [-0.1, -0.05) is 12.6 Å². The number of likely N-dealkylation sites (tertiary alicyclic amines) is 2. The highest BCUT2D eigenvalue weighted by atomic mass is 16.5. The number of benzene rings is 1. The van der Waals surface area contributed by atoms with Crippen LogP contribution in [0.2, 0.25) is 0 Å². The molecule has 5 heterocycles. The molecule has 0 atom stereocenters. The van der Waals surface area contributed by atoms with Gasteiger partial charge >= 0.3 is 0 Å². The molecule has 3 aliphatic heterocycles. The fraction of sp³-hybridized carbons (Fsp3) is 0.360. The molecule has 9 heteroatoms. The van der Waals surface area contributed by atoms with Gasteiger partial charge in [0.05, 0.1) is 23.1 Å². The summed E-state index contributed by atoms with van der Waals surface area (Å²) in [4.78, 5) is 25.0. The summed E-state index contributed by atoms with van der Waals surface area (Å²) in [5, 5.41) is 7.79. The zero-order valence-corrected chi connectivity index (χ0v) is 19.4. The topological polar surface area (TPSA) is 88.4 Å². The number of aryl methyl sites for hydroxylation is 2. The Hall–Kier alpha value is -3.72. The van der Waals surface area contributed by atoms with Crippen molar-refractivity contribution in [3.05, 3.63) is 60.2 Å². The molecular weight excluding hydrogens is 430 g/mol. The largest absolute Gasteiger partial charge is 0.486 e. The Kier molecular flexibility index (Phi) is 4.88. The third-order valence-corrected chi connectivity index (χ3v) is 7.08. The van der Waals surface area contributed by atoms with Crippen LogP contribution in [0.5, 0.6) is 5.75 Å². The van der Waals surface area contributed by atoms with Crippen LogP contribution in [0, 0.1) is 6.92 Å². The fourth-order valence-electron chi connectivity index (χ4n) is 5.06. The van der Waals surface area contributed by atoms with Crippen molar-refractivity contribution in [3.63, 3.8) is 0 Å². The SMILES string of the molecule is C=CC(=O)N1CC(N2CC(c3cc(C)c4c(c3)Nc3ncnc(-c5cnn(C)c5)c3CO4)C2)C1. The molecule has 3 aliphatic rings.